The highest BCUT2D eigenvalue weighted by atomic mass is 32.2. The predicted octanol–water partition coefficient (Wildman–Crippen LogP) is 3.33. The molecule has 7 nitrogen and oxygen atoms in total. The smallest absolute Gasteiger partial charge is 0.240 e. The second kappa shape index (κ2) is 9.49. The molecule has 3 aromatic rings. The second-order valence-corrected chi connectivity index (χ2v) is 8.12. The second-order valence-electron chi connectivity index (χ2n) is 6.36. The van der Waals surface area contributed by atoms with Crippen molar-refractivity contribution in [2.24, 2.45) is 0 Å². The average molecular weight is 413 g/mol. The fourth-order valence-electron chi connectivity index (χ4n) is 2.70. The molecule has 0 bridgehead atoms. The number of rotatable bonds is 9. The third-order valence-electron chi connectivity index (χ3n) is 4.24. The maximum absolute atomic E-state index is 12.4. The van der Waals surface area contributed by atoms with Gasteiger partial charge in [-0.2, -0.15) is 0 Å². The zero-order valence-corrected chi connectivity index (χ0v) is 16.9. The van der Waals surface area contributed by atoms with Crippen molar-refractivity contribution in [1.82, 2.24) is 9.71 Å². The Labute approximate surface area is 170 Å². The Morgan fingerprint density at radius 3 is 2.59 bits per heavy atom. The van der Waals surface area contributed by atoms with Gasteiger partial charge in [-0.3, -0.25) is 9.78 Å². The van der Waals surface area contributed by atoms with Gasteiger partial charge in [0.25, 0.3) is 0 Å². The van der Waals surface area contributed by atoms with Crippen LogP contribution in [0.2, 0.25) is 0 Å². The summed E-state index contributed by atoms with van der Waals surface area (Å²) in [6.07, 6.45) is 2.58. The van der Waals surface area contributed by atoms with Crippen LogP contribution in [0.15, 0.2) is 65.7 Å². The topological polar surface area (TPSA) is 97.4 Å². The molecule has 0 atom stereocenters. The number of para-hydroxylation sites is 1. The number of ether oxygens (including phenoxy) is 1. The van der Waals surface area contributed by atoms with Crippen LogP contribution in [0.1, 0.15) is 19.8 Å². The highest BCUT2D eigenvalue weighted by molar-refractivity contribution is 7.89. The lowest BCUT2D eigenvalue weighted by Crippen LogP contribution is -2.25. The van der Waals surface area contributed by atoms with Crippen molar-refractivity contribution in [3.8, 4) is 5.75 Å². The van der Waals surface area contributed by atoms with Crippen LogP contribution in [-0.4, -0.2) is 32.5 Å². The number of pyridine rings is 1. The molecule has 8 heteroatoms. The van der Waals surface area contributed by atoms with Gasteiger partial charge in [0.15, 0.2) is 0 Å². The summed E-state index contributed by atoms with van der Waals surface area (Å²) in [5, 5.41) is 3.67. The molecule has 0 unspecified atom stereocenters. The van der Waals surface area contributed by atoms with Gasteiger partial charge in [0.2, 0.25) is 15.9 Å². The molecule has 1 aromatic heterocycles. The molecule has 0 saturated heterocycles. The normalized spacial score (nSPS) is 11.3. The first-order valence-corrected chi connectivity index (χ1v) is 10.8. The minimum absolute atomic E-state index is 0.125. The fourth-order valence-corrected chi connectivity index (χ4v) is 3.78. The van der Waals surface area contributed by atoms with Gasteiger partial charge < -0.3 is 10.1 Å². The average Bonchev–Trinajstić information content (AvgIpc) is 2.74. The minimum Gasteiger partial charge on any atom is -0.491 e. The lowest BCUT2D eigenvalue weighted by Gasteiger charge is -2.10. The van der Waals surface area contributed by atoms with E-state index in [9.17, 15) is 13.2 Å². The third-order valence-corrected chi connectivity index (χ3v) is 5.71. The van der Waals surface area contributed by atoms with E-state index in [0.717, 1.165) is 10.9 Å². The number of nitrogens with one attached hydrogen (secondary N) is 2. The standard InChI is InChI=1S/C21H23N3O4S/c1-2-20(25)24-17-9-11-18(12-10-17)29(26,27)23-14-5-15-28-19-8-3-6-16-7-4-13-22-21(16)19/h3-4,6-13,23H,2,5,14-15H2,1H3,(H,24,25). The Balaban J connectivity index is 1.50. The van der Waals surface area contributed by atoms with Crippen LogP contribution < -0.4 is 14.8 Å². The van der Waals surface area contributed by atoms with E-state index in [1.165, 1.54) is 12.1 Å². The Morgan fingerprint density at radius 2 is 1.83 bits per heavy atom. The van der Waals surface area contributed by atoms with Crippen molar-refractivity contribution in [2.45, 2.75) is 24.7 Å². The molecule has 2 aromatic carbocycles. The lowest BCUT2D eigenvalue weighted by atomic mass is 10.2. The number of hydrogen-bond donors (Lipinski definition) is 2. The molecule has 29 heavy (non-hydrogen) atoms. The first kappa shape index (κ1) is 20.8. The molecular weight excluding hydrogens is 390 g/mol. The summed E-state index contributed by atoms with van der Waals surface area (Å²) in [5.74, 6) is 0.552. The fraction of sp³-hybridized carbons (Fsp3) is 0.238. The van der Waals surface area contributed by atoms with Crippen LogP contribution in [0.25, 0.3) is 10.9 Å². The van der Waals surface area contributed by atoms with Crippen molar-refractivity contribution in [2.75, 3.05) is 18.5 Å². The number of fused-ring (bicyclic) bond motifs is 1. The predicted molar refractivity (Wildman–Crippen MR) is 112 cm³/mol. The van der Waals surface area contributed by atoms with Crippen LogP contribution in [0.5, 0.6) is 5.75 Å². The van der Waals surface area contributed by atoms with E-state index < -0.39 is 10.0 Å². The molecule has 0 saturated carbocycles. The first-order valence-electron chi connectivity index (χ1n) is 9.36. The van der Waals surface area contributed by atoms with Gasteiger partial charge in [-0.15, -0.1) is 0 Å². The lowest BCUT2D eigenvalue weighted by molar-refractivity contribution is -0.115. The summed E-state index contributed by atoms with van der Waals surface area (Å²) < 4.78 is 33.1. The van der Waals surface area contributed by atoms with Gasteiger partial charge >= 0.3 is 0 Å². The monoisotopic (exact) mass is 413 g/mol. The zero-order valence-electron chi connectivity index (χ0n) is 16.1. The van der Waals surface area contributed by atoms with E-state index in [0.29, 0.717) is 30.9 Å². The minimum atomic E-state index is -3.62. The van der Waals surface area contributed by atoms with Gasteiger partial charge in [-0.1, -0.05) is 25.1 Å². The summed E-state index contributed by atoms with van der Waals surface area (Å²) >= 11 is 0. The van der Waals surface area contributed by atoms with Crippen LogP contribution in [0.3, 0.4) is 0 Å². The molecule has 2 N–H and O–H groups in total. The number of carbonyl (C=O) groups is 1. The zero-order chi connectivity index (χ0) is 20.7. The van der Waals surface area contributed by atoms with E-state index in [-0.39, 0.29) is 17.3 Å². The Kier molecular flexibility index (Phi) is 6.79. The van der Waals surface area contributed by atoms with Gasteiger partial charge in [-0.25, -0.2) is 13.1 Å². The van der Waals surface area contributed by atoms with E-state index in [2.05, 4.69) is 15.0 Å². The molecular formula is C21H23N3O4S. The Morgan fingerprint density at radius 1 is 1.07 bits per heavy atom. The number of benzene rings is 2. The highest BCUT2D eigenvalue weighted by Gasteiger charge is 2.13. The SMILES string of the molecule is CCC(=O)Nc1ccc(S(=O)(=O)NCCCOc2cccc3cccnc23)cc1. The molecule has 0 aliphatic heterocycles. The molecule has 0 fully saturated rings. The van der Waals surface area contributed by atoms with Gasteiger partial charge in [0.05, 0.1) is 11.5 Å². The molecule has 0 spiro atoms. The largest absolute Gasteiger partial charge is 0.491 e. The van der Waals surface area contributed by atoms with Crippen LogP contribution in [-0.2, 0) is 14.8 Å². The van der Waals surface area contributed by atoms with Crippen molar-refractivity contribution < 1.29 is 17.9 Å². The van der Waals surface area contributed by atoms with Crippen molar-refractivity contribution in [3.05, 3.63) is 60.8 Å². The number of nitrogens with zero attached hydrogens (tertiary/aromatic N) is 1. The van der Waals surface area contributed by atoms with Gasteiger partial charge in [0, 0.05) is 30.2 Å². The number of hydrogen-bond acceptors (Lipinski definition) is 5. The van der Waals surface area contributed by atoms with E-state index in [1.54, 1.807) is 25.3 Å². The molecule has 3 rings (SSSR count). The van der Waals surface area contributed by atoms with Gasteiger partial charge in [-0.05, 0) is 42.8 Å². The van der Waals surface area contributed by atoms with E-state index in [4.69, 9.17) is 4.74 Å². The molecule has 0 aliphatic carbocycles. The summed E-state index contributed by atoms with van der Waals surface area (Å²) in [6, 6.07) is 15.6. The number of sulfonamides is 1. The van der Waals surface area contributed by atoms with E-state index >= 15 is 0 Å². The number of anilines is 1. The molecule has 0 aliphatic rings. The maximum atomic E-state index is 12.4. The number of aromatic nitrogens is 1. The summed E-state index contributed by atoms with van der Waals surface area (Å²) in [7, 11) is -3.62. The van der Waals surface area contributed by atoms with Crippen LogP contribution >= 0.6 is 0 Å². The number of carbonyl (C=O) groups excluding carboxylic acids is 1. The van der Waals surface area contributed by atoms with Crippen molar-refractivity contribution in [3.63, 3.8) is 0 Å². The van der Waals surface area contributed by atoms with Crippen LogP contribution in [0, 0.1) is 0 Å². The quantitative estimate of drug-likeness (QED) is 0.525. The Bertz CT molecular complexity index is 1080. The van der Waals surface area contributed by atoms with E-state index in [1.807, 2.05) is 30.3 Å². The third kappa shape index (κ3) is 5.52. The molecule has 0 radical (unpaired) electrons. The van der Waals surface area contributed by atoms with Crippen LogP contribution in [0.4, 0.5) is 5.69 Å². The van der Waals surface area contributed by atoms with Gasteiger partial charge in [0.1, 0.15) is 11.3 Å². The maximum Gasteiger partial charge on any atom is 0.240 e. The number of amides is 1. The summed E-state index contributed by atoms with van der Waals surface area (Å²) in [6.45, 7) is 2.35. The Hall–Kier alpha value is -2.97. The first-order chi connectivity index (χ1) is 14.0. The van der Waals surface area contributed by atoms with Crippen molar-refractivity contribution >= 4 is 32.5 Å². The summed E-state index contributed by atoms with van der Waals surface area (Å²) in [4.78, 5) is 15.9. The molecule has 1 amide bonds. The van der Waals surface area contributed by atoms with Crippen molar-refractivity contribution in [1.29, 1.82) is 0 Å². The summed E-state index contributed by atoms with van der Waals surface area (Å²) in [5.41, 5.74) is 1.35. The molecule has 152 valence electrons. The highest BCUT2D eigenvalue weighted by Crippen LogP contribution is 2.23. The molecule has 1 heterocycles.